The number of hydrogen-bond acceptors (Lipinski definition) is 8. The van der Waals surface area contributed by atoms with Crippen LogP contribution in [0.4, 0.5) is 0 Å². The molecule has 0 bridgehead atoms. The highest BCUT2D eigenvalue weighted by Gasteiger charge is 2.30. The molecule has 1 aromatic carbocycles. The standard InChI is InChI=1S/C13H14N4O4S2/c18-12(21-11-6-7-23(19,20)9-11)8-22-13-14-15-16-17(13)10-4-2-1-3-5-10/h1-5,11H,6-9H2/t11-/m0/s1. The number of benzene rings is 1. The van der Waals surface area contributed by atoms with Gasteiger partial charge in [0.1, 0.15) is 6.10 Å². The smallest absolute Gasteiger partial charge is 0.316 e. The summed E-state index contributed by atoms with van der Waals surface area (Å²) < 4.78 is 29.4. The molecule has 0 saturated carbocycles. The first-order valence-electron chi connectivity index (χ1n) is 6.90. The van der Waals surface area contributed by atoms with E-state index in [9.17, 15) is 13.2 Å². The molecule has 8 nitrogen and oxygen atoms in total. The number of nitrogens with zero attached hydrogens (tertiary/aromatic N) is 4. The molecule has 0 N–H and O–H groups in total. The highest BCUT2D eigenvalue weighted by molar-refractivity contribution is 7.99. The Labute approximate surface area is 137 Å². The van der Waals surface area contributed by atoms with Gasteiger partial charge < -0.3 is 4.74 Å². The summed E-state index contributed by atoms with van der Waals surface area (Å²) in [6.45, 7) is 0. The monoisotopic (exact) mass is 354 g/mol. The van der Waals surface area contributed by atoms with Crippen LogP contribution < -0.4 is 0 Å². The van der Waals surface area contributed by atoms with Crippen molar-refractivity contribution in [2.24, 2.45) is 0 Å². The Kier molecular flexibility index (Phi) is 4.62. The van der Waals surface area contributed by atoms with Gasteiger partial charge in [-0.25, -0.2) is 8.42 Å². The SMILES string of the molecule is O=C(CSc1nnnn1-c1ccccc1)O[C@H]1CCS(=O)(=O)C1. The number of sulfone groups is 1. The predicted octanol–water partition coefficient (Wildman–Crippen LogP) is 0.485. The first kappa shape index (κ1) is 15.9. The molecule has 1 saturated heterocycles. The van der Waals surface area contributed by atoms with E-state index in [0.29, 0.717) is 11.6 Å². The van der Waals surface area contributed by atoms with E-state index < -0.39 is 21.9 Å². The van der Waals surface area contributed by atoms with Gasteiger partial charge in [-0.2, -0.15) is 4.68 Å². The van der Waals surface area contributed by atoms with Gasteiger partial charge in [0, 0.05) is 0 Å². The molecule has 2 aromatic rings. The van der Waals surface area contributed by atoms with E-state index in [1.807, 2.05) is 30.3 Å². The minimum Gasteiger partial charge on any atom is -0.461 e. The summed E-state index contributed by atoms with van der Waals surface area (Å²) in [6, 6.07) is 9.30. The Morgan fingerprint density at radius 1 is 1.35 bits per heavy atom. The Morgan fingerprint density at radius 2 is 2.13 bits per heavy atom. The normalized spacial score (nSPS) is 19.6. The fourth-order valence-corrected chi connectivity index (χ4v) is 4.46. The largest absolute Gasteiger partial charge is 0.461 e. The molecule has 0 unspecified atom stereocenters. The quantitative estimate of drug-likeness (QED) is 0.564. The third-order valence-corrected chi connectivity index (χ3v) is 5.88. The number of carbonyl (C=O) groups is 1. The lowest BCUT2D eigenvalue weighted by Gasteiger charge is -2.09. The summed E-state index contributed by atoms with van der Waals surface area (Å²) in [5.74, 6) is -0.473. The summed E-state index contributed by atoms with van der Waals surface area (Å²) in [4.78, 5) is 11.8. The predicted molar refractivity (Wildman–Crippen MR) is 83.0 cm³/mol. The van der Waals surface area contributed by atoms with Crippen LogP contribution >= 0.6 is 11.8 Å². The number of esters is 1. The van der Waals surface area contributed by atoms with Crippen molar-refractivity contribution in [1.29, 1.82) is 0 Å². The van der Waals surface area contributed by atoms with Gasteiger partial charge in [-0.1, -0.05) is 30.0 Å². The fraction of sp³-hybridized carbons (Fsp3) is 0.385. The summed E-state index contributed by atoms with van der Waals surface area (Å²) in [7, 11) is -3.06. The van der Waals surface area contributed by atoms with Crippen molar-refractivity contribution in [2.75, 3.05) is 17.3 Å². The highest BCUT2D eigenvalue weighted by Crippen LogP contribution is 2.20. The van der Waals surface area contributed by atoms with E-state index in [4.69, 9.17) is 4.74 Å². The maximum absolute atomic E-state index is 11.8. The Balaban J connectivity index is 1.57. The number of thioether (sulfide) groups is 1. The highest BCUT2D eigenvalue weighted by atomic mass is 32.2. The summed E-state index contributed by atoms with van der Waals surface area (Å²) in [5, 5.41) is 11.8. The Bertz CT molecular complexity index is 791. The molecule has 1 aliphatic rings. The maximum atomic E-state index is 11.8. The zero-order valence-corrected chi connectivity index (χ0v) is 13.7. The van der Waals surface area contributed by atoms with Crippen molar-refractivity contribution >= 4 is 27.6 Å². The molecule has 0 amide bonds. The minimum atomic E-state index is -3.06. The molecule has 3 rings (SSSR count). The van der Waals surface area contributed by atoms with E-state index in [1.54, 1.807) is 0 Å². The summed E-state index contributed by atoms with van der Waals surface area (Å²) >= 11 is 1.14. The fourth-order valence-electron chi connectivity index (χ4n) is 2.20. The van der Waals surface area contributed by atoms with Crippen molar-refractivity contribution in [2.45, 2.75) is 17.7 Å². The Morgan fingerprint density at radius 3 is 2.83 bits per heavy atom. The molecule has 1 fully saturated rings. The third kappa shape index (κ3) is 4.08. The molecule has 122 valence electrons. The molecule has 0 spiro atoms. The number of aromatic nitrogens is 4. The van der Waals surface area contributed by atoms with Crippen molar-refractivity contribution in [1.82, 2.24) is 20.2 Å². The average molecular weight is 354 g/mol. The lowest BCUT2D eigenvalue weighted by molar-refractivity contribution is -0.144. The van der Waals surface area contributed by atoms with Crippen LogP contribution in [0.25, 0.3) is 5.69 Å². The molecule has 10 heteroatoms. The second-order valence-corrected chi connectivity index (χ2v) is 8.18. The lowest BCUT2D eigenvalue weighted by Crippen LogP contribution is -2.20. The number of para-hydroxylation sites is 1. The van der Waals surface area contributed by atoms with Crippen molar-refractivity contribution < 1.29 is 17.9 Å². The zero-order chi connectivity index (χ0) is 16.3. The van der Waals surface area contributed by atoms with Crippen LogP contribution in [-0.2, 0) is 19.4 Å². The second-order valence-electron chi connectivity index (χ2n) is 5.01. The van der Waals surface area contributed by atoms with Crippen LogP contribution in [0.15, 0.2) is 35.5 Å². The Hall–Kier alpha value is -1.94. The van der Waals surface area contributed by atoms with E-state index in [0.717, 1.165) is 17.4 Å². The number of tetrazole rings is 1. The van der Waals surface area contributed by atoms with Gasteiger partial charge in [0.15, 0.2) is 9.84 Å². The van der Waals surface area contributed by atoms with Crippen LogP contribution in [0.1, 0.15) is 6.42 Å². The first-order valence-corrected chi connectivity index (χ1v) is 9.71. The maximum Gasteiger partial charge on any atom is 0.316 e. The molecule has 0 radical (unpaired) electrons. The minimum absolute atomic E-state index is 0.0176. The van der Waals surface area contributed by atoms with Gasteiger partial charge in [0.05, 0.1) is 22.9 Å². The zero-order valence-electron chi connectivity index (χ0n) is 12.0. The lowest BCUT2D eigenvalue weighted by atomic mass is 10.3. The molecule has 1 aliphatic heterocycles. The van der Waals surface area contributed by atoms with E-state index in [2.05, 4.69) is 15.5 Å². The van der Waals surface area contributed by atoms with Crippen molar-refractivity contribution in [3.05, 3.63) is 30.3 Å². The number of rotatable bonds is 5. The molecular weight excluding hydrogens is 340 g/mol. The van der Waals surface area contributed by atoms with Gasteiger partial charge in [-0.3, -0.25) is 4.79 Å². The van der Waals surface area contributed by atoms with Crippen molar-refractivity contribution in [3.63, 3.8) is 0 Å². The van der Waals surface area contributed by atoms with E-state index in [1.165, 1.54) is 4.68 Å². The van der Waals surface area contributed by atoms with Gasteiger partial charge in [-0.15, -0.1) is 5.10 Å². The van der Waals surface area contributed by atoms with Crippen LogP contribution in [-0.4, -0.2) is 58.0 Å². The van der Waals surface area contributed by atoms with Gasteiger partial charge in [-0.05, 0) is 29.0 Å². The second kappa shape index (κ2) is 6.67. The summed E-state index contributed by atoms with van der Waals surface area (Å²) in [5.41, 5.74) is 0.787. The van der Waals surface area contributed by atoms with Gasteiger partial charge >= 0.3 is 5.97 Å². The van der Waals surface area contributed by atoms with Crippen molar-refractivity contribution in [3.8, 4) is 5.69 Å². The van der Waals surface area contributed by atoms with Crippen LogP contribution in [0, 0.1) is 0 Å². The van der Waals surface area contributed by atoms with Crippen LogP contribution in [0.3, 0.4) is 0 Å². The van der Waals surface area contributed by atoms with Gasteiger partial charge in [0.25, 0.3) is 0 Å². The van der Waals surface area contributed by atoms with Crippen LogP contribution in [0.2, 0.25) is 0 Å². The molecule has 1 aromatic heterocycles. The van der Waals surface area contributed by atoms with E-state index >= 15 is 0 Å². The van der Waals surface area contributed by atoms with Crippen LogP contribution in [0.5, 0.6) is 0 Å². The topological polar surface area (TPSA) is 104 Å². The molecular formula is C13H14N4O4S2. The molecule has 23 heavy (non-hydrogen) atoms. The van der Waals surface area contributed by atoms with E-state index in [-0.39, 0.29) is 17.3 Å². The molecule has 0 aliphatic carbocycles. The number of ether oxygens (including phenoxy) is 1. The van der Waals surface area contributed by atoms with Gasteiger partial charge in [0.2, 0.25) is 5.16 Å². The number of carbonyl (C=O) groups excluding carboxylic acids is 1. The first-order chi connectivity index (χ1) is 11.0. The summed E-state index contributed by atoms with van der Waals surface area (Å²) in [6.07, 6.45) is -0.182. The average Bonchev–Trinajstić information content (AvgIpc) is 3.12. The number of hydrogen-bond donors (Lipinski definition) is 0. The molecule has 2 heterocycles. The molecule has 1 atom stereocenters. The third-order valence-electron chi connectivity index (χ3n) is 3.25.